The van der Waals surface area contributed by atoms with Crippen LogP contribution in [-0.2, 0) is 0 Å². The Bertz CT molecular complexity index is 424. The monoisotopic (exact) mass is 254 g/mol. The number of carbonyl (C=O) groups is 1. The summed E-state index contributed by atoms with van der Waals surface area (Å²) in [6, 6.07) is 5.68. The average Bonchev–Trinajstić information content (AvgIpc) is 2.20. The van der Waals surface area contributed by atoms with Crippen LogP contribution in [0.2, 0.25) is 0 Å². The van der Waals surface area contributed by atoms with Crippen molar-refractivity contribution in [1.29, 1.82) is 0 Å². The molecule has 0 bridgehead atoms. The van der Waals surface area contributed by atoms with Gasteiger partial charge in [-0.15, -0.1) is 4.94 Å². The van der Waals surface area contributed by atoms with E-state index in [1.54, 1.807) is 0 Å². The van der Waals surface area contributed by atoms with Crippen LogP contribution < -0.4 is 4.94 Å². The third-order valence-corrected chi connectivity index (χ3v) is 2.96. The second-order valence-corrected chi connectivity index (χ2v) is 5.31. The van der Waals surface area contributed by atoms with Gasteiger partial charge in [-0.2, -0.15) is 0 Å². The minimum absolute atomic E-state index is 0.117. The Hall–Kier alpha value is -1.06. The number of halogens is 1. The number of benzene rings is 1. The number of hydrogen-bond donors (Lipinski definition) is 1. The lowest BCUT2D eigenvalue weighted by Gasteiger charge is -2.33. The van der Waals surface area contributed by atoms with E-state index in [0.29, 0.717) is 5.56 Å². The van der Waals surface area contributed by atoms with Crippen molar-refractivity contribution in [2.24, 2.45) is 0 Å². The van der Waals surface area contributed by atoms with Crippen LogP contribution in [0.15, 0.2) is 18.2 Å². The minimum Gasteiger partial charge on any atom is -0.268 e. The quantitative estimate of drug-likeness (QED) is 0.649. The van der Waals surface area contributed by atoms with Gasteiger partial charge in [-0.3, -0.25) is 9.80 Å². The first-order valence-corrected chi connectivity index (χ1v) is 5.94. The predicted octanol–water partition coefficient (Wildman–Crippen LogP) is 3.20. The van der Waals surface area contributed by atoms with Gasteiger partial charge >= 0.3 is 0 Å². The standard InChI is InChI=1S/C13H19ClN2O/c1-9-7-6-8-11(10(9)2)12(17)16(15-14)13(3,4)5/h6-8,15H,1-5H3. The molecule has 0 atom stereocenters. The fourth-order valence-electron chi connectivity index (χ4n) is 1.57. The van der Waals surface area contributed by atoms with Gasteiger partial charge in [0.25, 0.3) is 5.91 Å². The first kappa shape index (κ1) is 14.0. The normalized spacial score (nSPS) is 11.4. The zero-order valence-electron chi connectivity index (χ0n) is 11.0. The summed E-state index contributed by atoms with van der Waals surface area (Å²) < 4.78 is 0. The van der Waals surface area contributed by atoms with Gasteiger partial charge < -0.3 is 0 Å². The van der Waals surface area contributed by atoms with Crippen LogP contribution in [0.5, 0.6) is 0 Å². The van der Waals surface area contributed by atoms with Crippen LogP contribution in [0.1, 0.15) is 42.3 Å². The third kappa shape index (κ3) is 2.99. The Balaban J connectivity index is 3.16. The number of hydrazine groups is 1. The van der Waals surface area contributed by atoms with E-state index < -0.39 is 0 Å². The topological polar surface area (TPSA) is 32.3 Å². The van der Waals surface area contributed by atoms with Crippen molar-refractivity contribution < 1.29 is 4.79 Å². The summed E-state index contributed by atoms with van der Waals surface area (Å²) in [5, 5.41) is 1.43. The average molecular weight is 255 g/mol. The highest BCUT2D eigenvalue weighted by atomic mass is 35.5. The van der Waals surface area contributed by atoms with Crippen molar-refractivity contribution in [2.45, 2.75) is 40.2 Å². The van der Waals surface area contributed by atoms with Gasteiger partial charge in [0.05, 0.1) is 5.54 Å². The molecule has 0 spiro atoms. The fourth-order valence-corrected chi connectivity index (χ4v) is 1.90. The fraction of sp³-hybridized carbons (Fsp3) is 0.462. The van der Waals surface area contributed by atoms with Crippen LogP contribution in [-0.4, -0.2) is 16.5 Å². The Morgan fingerprint density at radius 3 is 2.35 bits per heavy atom. The second kappa shape index (κ2) is 5.07. The molecule has 17 heavy (non-hydrogen) atoms. The van der Waals surface area contributed by atoms with E-state index in [0.717, 1.165) is 11.1 Å². The number of amides is 1. The predicted molar refractivity (Wildman–Crippen MR) is 70.8 cm³/mol. The maximum Gasteiger partial charge on any atom is 0.269 e. The number of carbonyl (C=O) groups excluding carboxylic acids is 1. The first-order valence-electron chi connectivity index (χ1n) is 5.56. The summed E-state index contributed by atoms with van der Waals surface area (Å²) in [6.45, 7) is 9.70. The molecule has 0 unspecified atom stereocenters. The molecule has 1 aromatic rings. The lowest BCUT2D eigenvalue weighted by Crippen LogP contribution is -2.50. The molecule has 0 saturated carbocycles. The molecule has 1 rings (SSSR count). The van der Waals surface area contributed by atoms with Gasteiger partial charge in [-0.05, 0) is 63.6 Å². The van der Waals surface area contributed by atoms with Crippen LogP contribution in [0, 0.1) is 13.8 Å². The maximum absolute atomic E-state index is 12.4. The number of nitrogens with zero attached hydrogens (tertiary/aromatic N) is 1. The van der Waals surface area contributed by atoms with Crippen molar-refractivity contribution in [3.8, 4) is 0 Å². The van der Waals surface area contributed by atoms with E-state index in [2.05, 4.69) is 4.94 Å². The van der Waals surface area contributed by atoms with Gasteiger partial charge in [0, 0.05) is 5.56 Å². The van der Waals surface area contributed by atoms with Gasteiger partial charge in [-0.1, -0.05) is 12.1 Å². The van der Waals surface area contributed by atoms with Crippen LogP contribution in [0.3, 0.4) is 0 Å². The Kier molecular flexibility index (Phi) is 4.17. The van der Waals surface area contributed by atoms with Gasteiger partial charge in [0.1, 0.15) is 0 Å². The van der Waals surface area contributed by atoms with E-state index >= 15 is 0 Å². The second-order valence-electron chi connectivity index (χ2n) is 5.14. The number of rotatable bonds is 2. The summed E-state index contributed by atoms with van der Waals surface area (Å²) in [7, 11) is 0. The highest BCUT2D eigenvalue weighted by molar-refractivity contribution is 6.14. The number of nitrogens with one attached hydrogen (secondary N) is 1. The van der Waals surface area contributed by atoms with Crippen LogP contribution in [0.25, 0.3) is 0 Å². The largest absolute Gasteiger partial charge is 0.269 e. The summed E-state index contributed by atoms with van der Waals surface area (Å²) in [6.07, 6.45) is 0. The van der Waals surface area contributed by atoms with Crippen molar-refractivity contribution >= 4 is 17.7 Å². The molecule has 1 amide bonds. The number of hydrogen-bond acceptors (Lipinski definition) is 2. The lowest BCUT2D eigenvalue weighted by atomic mass is 10.0. The Labute approximate surface area is 108 Å². The highest BCUT2D eigenvalue weighted by Gasteiger charge is 2.28. The molecule has 0 aromatic heterocycles. The first-order chi connectivity index (χ1) is 7.79. The van der Waals surface area contributed by atoms with Crippen LogP contribution >= 0.6 is 11.8 Å². The van der Waals surface area contributed by atoms with Crippen LogP contribution in [0.4, 0.5) is 0 Å². The Morgan fingerprint density at radius 2 is 1.88 bits per heavy atom. The smallest absolute Gasteiger partial charge is 0.268 e. The minimum atomic E-state index is -0.380. The summed E-state index contributed by atoms with van der Waals surface area (Å²) in [4.78, 5) is 14.8. The summed E-state index contributed by atoms with van der Waals surface area (Å²) in [5.41, 5.74) is 2.38. The van der Waals surface area contributed by atoms with E-state index in [-0.39, 0.29) is 11.4 Å². The highest BCUT2D eigenvalue weighted by Crippen LogP contribution is 2.19. The molecule has 3 nitrogen and oxygen atoms in total. The summed E-state index contributed by atoms with van der Waals surface area (Å²) >= 11 is 5.64. The van der Waals surface area contributed by atoms with Gasteiger partial charge in [0.15, 0.2) is 0 Å². The lowest BCUT2D eigenvalue weighted by molar-refractivity contribution is 0.0515. The molecule has 0 heterocycles. The molecule has 0 saturated heterocycles. The third-order valence-electron chi connectivity index (χ3n) is 2.79. The number of aryl methyl sites for hydroxylation is 1. The zero-order chi connectivity index (χ0) is 13.2. The molecule has 4 heteroatoms. The molecular formula is C13H19ClN2O. The van der Waals surface area contributed by atoms with E-state index in [1.165, 1.54) is 5.01 Å². The van der Waals surface area contributed by atoms with E-state index in [9.17, 15) is 4.79 Å². The summed E-state index contributed by atoms with van der Waals surface area (Å²) in [5.74, 6) is -0.117. The van der Waals surface area contributed by atoms with E-state index in [4.69, 9.17) is 11.8 Å². The molecule has 0 aliphatic heterocycles. The van der Waals surface area contributed by atoms with Gasteiger partial charge in [-0.25, -0.2) is 0 Å². The van der Waals surface area contributed by atoms with Crippen molar-refractivity contribution in [2.75, 3.05) is 0 Å². The van der Waals surface area contributed by atoms with Gasteiger partial charge in [0.2, 0.25) is 0 Å². The Morgan fingerprint density at radius 1 is 1.29 bits per heavy atom. The molecule has 1 N–H and O–H groups in total. The maximum atomic E-state index is 12.4. The van der Waals surface area contributed by atoms with Crippen molar-refractivity contribution in [3.63, 3.8) is 0 Å². The zero-order valence-corrected chi connectivity index (χ0v) is 11.7. The SMILES string of the molecule is Cc1cccc(C(=O)N(NCl)C(C)(C)C)c1C. The molecule has 1 aromatic carbocycles. The molecule has 0 fully saturated rings. The van der Waals surface area contributed by atoms with Crippen molar-refractivity contribution in [1.82, 2.24) is 9.95 Å². The molecule has 94 valence electrons. The molecular weight excluding hydrogens is 236 g/mol. The molecule has 0 aliphatic carbocycles. The molecule has 0 radical (unpaired) electrons. The molecule has 0 aliphatic rings. The van der Waals surface area contributed by atoms with Crippen molar-refractivity contribution in [3.05, 3.63) is 34.9 Å². The van der Waals surface area contributed by atoms with E-state index in [1.807, 2.05) is 52.8 Å².